The van der Waals surface area contributed by atoms with Crippen molar-refractivity contribution in [3.63, 3.8) is 0 Å². The SMILES string of the molecule is CCCCCCCCCCCCN1C(=O)c2c(C)sc(-c3ccc(-c4ccc(-c5ccc(C)s5)c5nc(-c6cccc(OCCCCCCCC)c6)c(-c6cccc(OCCCCCCCC)c6)nc45)s3)c2C1=O. The van der Waals surface area contributed by atoms with Gasteiger partial charge in [-0.3, -0.25) is 14.5 Å². The third-order valence-corrected chi connectivity index (χ3v) is 17.8. The first-order chi connectivity index (χ1) is 36.3. The number of imide groups is 1. The van der Waals surface area contributed by atoms with Crippen LogP contribution in [0.25, 0.3) is 64.2 Å². The summed E-state index contributed by atoms with van der Waals surface area (Å²) in [5.74, 6) is 1.34. The maximum Gasteiger partial charge on any atom is 0.263 e. The Morgan fingerprint density at radius 3 is 1.41 bits per heavy atom. The van der Waals surface area contributed by atoms with Crippen LogP contribution >= 0.6 is 34.0 Å². The number of unbranched alkanes of at least 4 members (excludes halogenated alkanes) is 19. The Morgan fingerprint density at radius 1 is 0.459 bits per heavy atom. The predicted octanol–water partition coefficient (Wildman–Crippen LogP) is 19.8. The molecule has 0 fully saturated rings. The fourth-order valence-electron chi connectivity index (χ4n) is 10.2. The number of fused-ring (bicyclic) bond motifs is 2. The number of nitrogens with zero attached hydrogens (tertiary/aromatic N) is 3. The molecule has 7 nitrogen and oxygen atoms in total. The van der Waals surface area contributed by atoms with Crippen LogP contribution < -0.4 is 9.47 Å². The van der Waals surface area contributed by atoms with Crippen LogP contribution in [0.1, 0.15) is 192 Å². The van der Waals surface area contributed by atoms with E-state index in [0.29, 0.717) is 30.9 Å². The first-order valence-electron chi connectivity index (χ1n) is 28.3. The third kappa shape index (κ3) is 14.0. The topological polar surface area (TPSA) is 81.6 Å². The second kappa shape index (κ2) is 28.1. The normalized spacial score (nSPS) is 12.4. The van der Waals surface area contributed by atoms with Gasteiger partial charge in [-0.05, 0) is 81.6 Å². The Labute approximate surface area is 454 Å². The molecule has 0 spiro atoms. The molecule has 1 aliphatic rings. The average molecular weight is 1050 g/mol. The molecule has 2 amide bonds. The van der Waals surface area contributed by atoms with Gasteiger partial charge in [0.05, 0.1) is 51.6 Å². The summed E-state index contributed by atoms with van der Waals surface area (Å²) >= 11 is 4.96. The molecule has 1 aliphatic heterocycles. The molecule has 0 unspecified atom stereocenters. The monoisotopic (exact) mass is 1050 g/mol. The molecular formula is C64H79N3O4S3. The van der Waals surface area contributed by atoms with E-state index >= 15 is 0 Å². The van der Waals surface area contributed by atoms with Crippen LogP contribution in [-0.4, -0.2) is 46.4 Å². The minimum atomic E-state index is -0.158. The van der Waals surface area contributed by atoms with E-state index in [1.807, 2.05) is 19.1 Å². The molecule has 4 aromatic heterocycles. The van der Waals surface area contributed by atoms with Crippen molar-refractivity contribution in [3.8, 4) is 64.6 Å². The van der Waals surface area contributed by atoms with E-state index in [-0.39, 0.29) is 11.8 Å². The average Bonchev–Trinajstić information content (AvgIpc) is 4.22. The molecule has 0 radical (unpaired) electrons. The van der Waals surface area contributed by atoms with Crippen LogP contribution in [0.15, 0.2) is 84.9 Å². The standard InChI is InChI=1S/C64H79N3O4S3/c1-6-9-12-15-18-19-20-21-22-25-40-67-63(68)56-46(5)73-62(57(56)64(67)69)55-39-38-54(74-55)52-36-35-51(53-37-34-45(4)72-53)60-61(52)66-59(48-31-29-33-50(44-48)71-42-27-24-17-14-11-8-3)58(65-60)47-30-28-32-49(43-47)70-41-26-23-16-13-10-7-2/h28-39,43-44H,6-27,40-42H2,1-5H3. The maximum atomic E-state index is 14.2. The van der Waals surface area contributed by atoms with E-state index in [1.54, 1.807) is 34.0 Å². The third-order valence-electron chi connectivity index (χ3n) is 14.4. The minimum absolute atomic E-state index is 0.145. The van der Waals surface area contributed by atoms with Crippen LogP contribution in [0.4, 0.5) is 0 Å². The van der Waals surface area contributed by atoms with E-state index in [9.17, 15) is 9.59 Å². The molecule has 10 heteroatoms. The summed E-state index contributed by atoms with van der Waals surface area (Å²) in [6.07, 6.45) is 26.5. The van der Waals surface area contributed by atoms with Crippen LogP contribution in [0.3, 0.4) is 0 Å². The lowest BCUT2D eigenvalue weighted by molar-refractivity contribution is 0.0651. The van der Waals surface area contributed by atoms with Gasteiger partial charge in [0.2, 0.25) is 0 Å². The van der Waals surface area contributed by atoms with Crippen molar-refractivity contribution in [3.05, 3.63) is 106 Å². The maximum absolute atomic E-state index is 14.2. The van der Waals surface area contributed by atoms with E-state index in [0.717, 1.165) is 119 Å². The molecule has 0 atom stereocenters. The van der Waals surface area contributed by atoms with Crippen molar-refractivity contribution in [1.29, 1.82) is 0 Å². The van der Waals surface area contributed by atoms with Crippen LogP contribution in [0, 0.1) is 13.8 Å². The summed E-state index contributed by atoms with van der Waals surface area (Å²) in [6, 6.07) is 29.7. The zero-order valence-corrected chi connectivity index (χ0v) is 47.4. The number of ether oxygens (including phenoxy) is 2. The minimum Gasteiger partial charge on any atom is -0.494 e. The van der Waals surface area contributed by atoms with Crippen molar-refractivity contribution in [2.24, 2.45) is 0 Å². The van der Waals surface area contributed by atoms with Gasteiger partial charge in [-0.25, -0.2) is 9.97 Å². The largest absolute Gasteiger partial charge is 0.494 e. The van der Waals surface area contributed by atoms with Crippen molar-refractivity contribution >= 4 is 56.9 Å². The molecule has 0 aliphatic carbocycles. The molecule has 392 valence electrons. The van der Waals surface area contributed by atoms with Gasteiger partial charge in [0.1, 0.15) is 11.5 Å². The first kappa shape index (κ1) is 55.1. The van der Waals surface area contributed by atoms with E-state index < -0.39 is 0 Å². The smallest absolute Gasteiger partial charge is 0.263 e. The number of amides is 2. The van der Waals surface area contributed by atoms with Crippen molar-refractivity contribution in [2.45, 2.75) is 176 Å². The number of carbonyl (C=O) groups is 2. The summed E-state index contributed by atoms with van der Waals surface area (Å²) in [7, 11) is 0. The van der Waals surface area contributed by atoms with Gasteiger partial charge >= 0.3 is 0 Å². The summed E-state index contributed by atoms with van der Waals surface area (Å²) in [6.45, 7) is 12.7. The number of hydrogen-bond donors (Lipinski definition) is 0. The lowest BCUT2D eigenvalue weighted by atomic mass is 10.00. The highest BCUT2D eigenvalue weighted by Gasteiger charge is 2.41. The molecule has 0 bridgehead atoms. The number of hydrogen-bond acceptors (Lipinski definition) is 9. The number of thiophene rings is 3. The van der Waals surface area contributed by atoms with Gasteiger partial charge in [0, 0.05) is 53.2 Å². The van der Waals surface area contributed by atoms with Gasteiger partial charge in [-0.1, -0.05) is 179 Å². The van der Waals surface area contributed by atoms with Crippen molar-refractivity contribution in [2.75, 3.05) is 19.8 Å². The Bertz CT molecular complexity index is 2930. The Hall–Kier alpha value is -5.16. The molecule has 0 saturated heterocycles. The van der Waals surface area contributed by atoms with E-state index in [2.05, 4.69) is 100 Å². The second-order valence-electron chi connectivity index (χ2n) is 20.3. The highest BCUT2D eigenvalue weighted by atomic mass is 32.1. The summed E-state index contributed by atoms with van der Waals surface area (Å²) in [5, 5.41) is 0. The fraction of sp³-hybridized carbons (Fsp3) is 0.469. The molecular weight excluding hydrogens is 971 g/mol. The highest BCUT2D eigenvalue weighted by molar-refractivity contribution is 7.24. The summed E-state index contributed by atoms with van der Waals surface area (Å²) in [4.78, 5) is 47.1. The second-order valence-corrected chi connectivity index (χ2v) is 23.9. The Balaban J connectivity index is 1.12. The number of carbonyl (C=O) groups excluding carboxylic acids is 2. The van der Waals surface area contributed by atoms with Crippen LogP contribution in [-0.2, 0) is 0 Å². The molecule has 7 aromatic rings. The Kier molecular flexibility index (Phi) is 20.9. The zero-order valence-electron chi connectivity index (χ0n) is 45.0. The number of aryl methyl sites for hydroxylation is 2. The number of rotatable bonds is 32. The zero-order chi connectivity index (χ0) is 51.7. The lowest BCUT2D eigenvalue weighted by Crippen LogP contribution is -2.31. The molecule has 5 heterocycles. The van der Waals surface area contributed by atoms with E-state index in [1.165, 1.54) is 113 Å². The molecule has 8 rings (SSSR count). The lowest BCUT2D eigenvalue weighted by Gasteiger charge is -2.16. The van der Waals surface area contributed by atoms with E-state index in [4.69, 9.17) is 19.4 Å². The Morgan fingerprint density at radius 2 is 0.905 bits per heavy atom. The number of aromatic nitrogens is 2. The van der Waals surface area contributed by atoms with Gasteiger partial charge in [0.15, 0.2) is 0 Å². The predicted molar refractivity (Wildman–Crippen MR) is 315 cm³/mol. The van der Waals surface area contributed by atoms with Crippen LogP contribution in [0.5, 0.6) is 11.5 Å². The quantitative estimate of drug-likeness (QED) is 0.0309. The summed E-state index contributed by atoms with van der Waals surface area (Å²) in [5.41, 5.74) is 8.19. The van der Waals surface area contributed by atoms with Gasteiger partial charge < -0.3 is 9.47 Å². The molecule has 3 aromatic carbocycles. The first-order valence-corrected chi connectivity index (χ1v) is 30.7. The summed E-state index contributed by atoms with van der Waals surface area (Å²) < 4.78 is 12.8. The van der Waals surface area contributed by atoms with Gasteiger partial charge in [-0.15, -0.1) is 34.0 Å². The number of benzene rings is 3. The van der Waals surface area contributed by atoms with Gasteiger partial charge in [0.25, 0.3) is 11.8 Å². The highest BCUT2D eigenvalue weighted by Crippen LogP contribution is 2.47. The van der Waals surface area contributed by atoms with Gasteiger partial charge in [-0.2, -0.15) is 0 Å². The molecule has 74 heavy (non-hydrogen) atoms. The van der Waals surface area contributed by atoms with Crippen molar-refractivity contribution < 1.29 is 19.1 Å². The molecule has 0 N–H and O–H groups in total. The molecule has 0 saturated carbocycles. The fourth-order valence-corrected chi connectivity index (χ4v) is 13.4. The van der Waals surface area contributed by atoms with Crippen molar-refractivity contribution in [1.82, 2.24) is 14.9 Å². The van der Waals surface area contributed by atoms with Crippen LogP contribution in [0.2, 0.25) is 0 Å².